The molecule has 1 N–H and O–H groups in total. The summed E-state index contributed by atoms with van der Waals surface area (Å²) in [5.41, 5.74) is -0.658. The first-order chi connectivity index (χ1) is 14.3. The molecule has 0 aliphatic carbocycles. The van der Waals surface area contributed by atoms with E-state index in [0.717, 1.165) is 23.8 Å². The maximum absolute atomic E-state index is 13.2. The number of unbranched alkanes of at least 4 members (excludes halogenated alkanes) is 2. The second-order valence-electron chi connectivity index (χ2n) is 6.92. The number of carbonyl (C=O) groups excluding carboxylic acids is 1. The largest absolute Gasteiger partial charge is 0.494 e. The van der Waals surface area contributed by atoms with Gasteiger partial charge in [0, 0.05) is 12.1 Å². The molecule has 30 heavy (non-hydrogen) atoms. The van der Waals surface area contributed by atoms with E-state index in [0.29, 0.717) is 13.0 Å². The molecular weight excluding hydrogens is 427 g/mol. The Balaban J connectivity index is 2.60. The molecule has 1 heterocycles. The monoisotopic (exact) mass is 450 g/mol. The van der Waals surface area contributed by atoms with Crippen molar-refractivity contribution >= 4 is 29.0 Å². The lowest BCUT2D eigenvalue weighted by Gasteiger charge is -2.16. The zero-order valence-electron chi connectivity index (χ0n) is 17.2. The summed E-state index contributed by atoms with van der Waals surface area (Å²) >= 11 is 12.5. The third kappa shape index (κ3) is 4.80. The van der Waals surface area contributed by atoms with Gasteiger partial charge in [-0.2, -0.15) is 5.26 Å². The van der Waals surface area contributed by atoms with Gasteiger partial charge in [0.1, 0.15) is 11.6 Å². The molecule has 2 rings (SSSR count). The number of pyridine rings is 1. The molecule has 1 aromatic carbocycles. The van der Waals surface area contributed by atoms with E-state index in [4.69, 9.17) is 27.9 Å². The molecule has 0 saturated carbocycles. The molecule has 2 aromatic rings. The third-order valence-corrected chi connectivity index (χ3v) is 5.28. The summed E-state index contributed by atoms with van der Waals surface area (Å²) in [6.07, 6.45) is 3.15. The van der Waals surface area contributed by atoms with Crippen molar-refractivity contribution in [3.8, 4) is 17.7 Å². The average Bonchev–Trinajstić information content (AvgIpc) is 2.70. The van der Waals surface area contributed by atoms with E-state index >= 15 is 0 Å². The number of nitrogens with zero attached hydrogens (tertiary/aromatic N) is 2. The molecule has 0 unspecified atom stereocenters. The average molecular weight is 451 g/mol. The minimum Gasteiger partial charge on any atom is -0.494 e. The molecule has 0 aliphatic rings. The van der Waals surface area contributed by atoms with Crippen LogP contribution in [-0.4, -0.2) is 22.1 Å². The number of carbonyl (C=O) groups is 1. The molecule has 160 valence electrons. The normalized spacial score (nSPS) is 10.7. The summed E-state index contributed by atoms with van der Waals surface area (Å²) in [5, 5.41) is 20.5. The highest BCUT2D eigenvalue weighted by Crippen LogP contribution is 2.36. The molecule has 0 spiro atoms. The molecule has 6 nitrogen and oxygen atoms in total. The lowest BCUT2D eigenvalue weighted by Crippen LogP contribution is -2.27. The van der Waals surface area contributed by atoms with Gasteiger partial charge in [-0.05, 0) is 37.5 Å². The Hall–Kier alpha value is -2.49. The van der Waals surface area contributed by atoms with Crippen molar-refractivity contribution in [2.24, 2.45) is 0 Å². The number of ketones is 1. The fourth-order valence-electron chi connectivity index (χ4n) is 3.13. The topological polar surface area (TPSA) is 92.3 Å². The number of rotatable bonds is 9. The van der Waals surface area contributed by atoms with Crippen molar-refractivity contribution in [2.75, 3.05) is 6.61 Å². The van der Waals surface area contributed by atoms with Crippen LogP contribution in [-0.2, 0) is 6.54 Å². The SMILES string of the molecule is CCCCCn1c(O)c(C(=O)c2cc(Cl)c(OCCC)c(Cl)c2)c(C)c(C#N)c1=O. The molecule has 8 heteroatoms. The summed E-state index contributed by atoms with van der Waals surface area (Å²) in [6, 6.07) is 4.66. The Morgan fingerprint density at radius 1 is 1.20 bits per heavy atom. The van der Waals surface area contributed by atoms with Gasteiger partial charge >= 0.3 is 0 Å². The highest BCUT2D eigenvalue weighted by atomic mass is 35.5. The van der Waals surface area contributed by atoms with E-state index in [2.05, 4.69) is 0 Å². The van der Waals surface area contributed by atoms with E-state index in [1.54, 1.807) is 0 Å². The van der Waals surface area contributed by atoms with E-state index in [1.165, 1.54) is 19.1 Å². The second kappa shape index (κ2) is 10.5. The van der Waals surface area contributed by atoms with Crippen LogP contribution in [0.3, 0.4) is 0 Å². The summed E-state index contributed by atoms with van der Waals surface area (Å²) < 4.78 is 6.60. The molecule has 0 aliphatic heterocycles. The van der Waals surface area contributed by atoms with Gasteiger partial charge in [0.25, 0.3) is 5.56 Å². The van der Waals surface area contributed by atoms with Gasteiger partial charge in [-0.15, -0.1) is 0 Å². The van der Waals surface area contributed by atoms with Gasteiger partial charge in [0.2, 0.25) is 5.88 Å². The number of aromatic nitrogens is 1. The van der Waals surface area contributed by atoms with E-state index in [9.17, 15) is 20.0 Å². The smallest absolute Gasteiger partial charge is 0.271 e. The zero-order valence-corrected chi connectivity index (χ0v) is 18.7. The van der Waals surface area contributed by atoms with Crippen molar-refractivity contribution in [2.45, 2.75) is 53.0 Å². The van der Waals surface area contributed by atoms with Crippen molar-refractivity contribution in [1.29, 1.82) is 5.26 Å². The predicted molar refractivity (Wildman–Crippen MR) is 117 cm³/mol. The van der Waals surface area contributed by atoms with Gasteiger partial charge in [0.05, 0.1) is 22.2 Å². The van der Waals surface area contributed by atoms with E-state index in [1.807, 2.05) is 19.9 Å². The number of ether oxygens (including phenoxy) is 1. The van der Waals surface area contributed by atoms with Gasteiger partial charge in [0.15, 0.2) is 11.5 Å². The number of halogens is 2. The van der Waals surface area contributed by atoms with Crippen LogP contribution in [0.2, 0.25) is 10.0 Å². The van der Waals surface area contributed by atoms with Crippen molar-refractivity contribution in [1.82, 2.24) is 4.57 Å². The summed E-state index contributed by atoms with van der Waals surface area (Å²) in [7, 11) is 0. The standard InChI is InChI=1S/C22H24Cl2N2O4/c1-4-6-7-8-26-21(28)15(12-25)13(3)18(22(26)29)19(27)14-10-16(23)20(17(24)11-14)30-9-5-2/h10-11,29H,4-9H2,1-3H3. The Kier molecular flexibility index (Phi) is 8.33. The molecule has 0 bridgehead atoms. The Bertz CT molecular complexity index is 1030. The maximum Gasteiger partial charge on any atom is 0.271 e. The fourth-order valence-corrected chi connectivity index (χ4v) is 3.72. The summed E-state index contributed by atoms with van der Waals surface area (Å²) in [5.74, 6) is -0.771. The van der Waals surface area contributed by atoms with Gasteiger partial charge in [-0.25, -0.2) is 0 Å². The van der Waals surface area contributed by atoms with Crippen LogP contribution >= 0.6 is 23.2 Å². The van der Waals surface area contributed by atoms with Crippen LogP contribution in [0.4, 0.5) is 0 Å². The molecule has 0 radical (unpaired) electrons. The zero-order chi connectivity index (χ0) is 22.4. The van der Waals surface area contributed by atoms with Gasteiger partial charge in [-0.3, -0.25) is 14.2 Å². The van der Waals surface area contributed by atoms with Crippen LogP contribution in [0.1, 0.15) is 66.6 Å². The fraction of sp³-hybridized carbons (Fsp3) is 0.409. The lowest BCUT2D eigenvalue weighted by molar-refractivity contribution is 0.103. The van der Waals surface area contributed by atoms with Gasteiger partial charge < -0.3 is 9.84 Å². The minimum atomic E-state index is -0.612. The molecular formula is C22H24Cl2N2O4. The molecule has 0 fully saturated rings. The summed E-state index contributed by atoms with van der Waals surface area (Å²) in [4.78, 5) is 25.8. The number of hydrogen-bond donors (Lipinski definition) is 1. The maximum atomic E-state index is 13.2. The first-order valence-electron chi connectivity index (χ1n) is 9.81. The Morgan fingerprint density at radius 2 is 1.83 bits per heavy atom. The van der Waals surface area contributed by atoms with Crippen LogP contribution in [0.5, 0.6) is 11.6 Å². The highest BCUT2D eigenvalue weighted by molar-refractivity contribution is 6.38. The predicted octanol–water partition coefficient (Wildman–Crippen LogP) is 5.25. The lowest BCUT2D eigenvalue weighted by atomic mass is 9.97. The molecule has 1 aromatic heterocycles. The second-order valence-corrected chi connectivity index (χ2v) is 7.74. The number of aromatic hydroxyl groups is 1. The number of hydrogen-bond acceptors (Lipinski definition) is 5. The number of benzene rings is 1. The quantitative estimate of drug-likeness (QED) is 0.415. The minimum absolute atomic E-state index is 0.114. The summed E-state index contributed by atoms with van der Waals surface area (Å²) in [6.45, 7) is 6.04. The first-order valence-corrected chi connectivity index (χ1v) is 10.6. The molecule has 0 amide bonds. The molecule has 0 saturated heterocycles. The van der Waals surface area contributed by atoms with E-state index in [-0.39, 0.29) is 44.6 Å². The highest BCUT2D eigenvalue weighted by Gasteiger charge is 2.26. The van der Waals surface area contributed by atoms with Crippen LogP contribution < -0.4 is 10.3 Å². The van der Waals surface area contributed by atoms with Crippen LogP contribution in [0.25, 0.3) is 0 Å². The van der Waals surface area contributed by atoms with Crippen molar-refractivity contribution in [3.05, 3.63) is 54.8 Å². The van der Waals surface area contributed by atoms with Crippen LogP contribution in [0, 0.1) is 18.3 Å². The van der Waals surface area contributed by atoms with Crippen molar-refractivity contribution < 1.29 is 14.6 Å². The Labute approximate surface area is 185 Å². The van der Waals surface area contributed by atoms with Gasteiger partial charge in [-0.1, -0.05) is 49.9 Å². The third-order valence-electron chi connectivity index (χ3n) is 4.72. The Morgan fingerprint density at radius 3 is 2.37 bits per heavy atom. The number of nitriles is 1. The molecule has 0 atom stereocenters. The van der Waals surface area contributed by atoms with E-state index < -0.39 is 17.2 Å². The van der Waals surface area contributed by atoms with Crippen LogP contribution in [0.15, 0.2) is 16.9 Å². The van der Waals surface area contributed by atoms with Crippen molar-refractivity contribution in [3.63, 3.8) is 0 Å². The first kappa shape index (κ1) is 23.8.